The van der Waals surface area contributed by atoms with Crippen LogP contribution in [0.2, 0.25) is 0 Å². The Bertz CT molecular complexity index is 1580. The second kappa shape index (κ2) is 8.42. The summed E-state index contributed by atoms with van der Waals surface area (Å²) in [5.41, 5.74) is 3.42. The number of fused-ring (bicyclic) bond motifs is 3. The van der Waals surface area contributed by atoms with Gasteiger partial charge in [-0.05, 0) is 35.9 Å². The number of pyridine rings is 2. The van der Waals surface area contributed by atoms with Crippen LogP contribution in [-0.4, -0.2) is 58.1 Å². The van der Waals surface area contributed by atoms with Crippen molar-refractivity contribution in [1.82, 2.24) is 24.5 Å². The zero-order valence-electron chi connectivity index (χ0n) is 19.7. The number of carbonyl (C=O) groups is 1. The molecule has 1 amide bonds. The summed E-state index contributed by atoms with van der Waals surface area (Å²) in [5.74, 6) is -0.0348. The van der Waals surface area contributed by atoms with Gasteiger partial charge in [-0.2, -0.15) is 10.2 Å². The van der Waals surface area contributed by atoms with E-state index >= 15 is 0 Å². The molecule has 0 atom stereocenters. The second-order valence-corrected chi connectivity index (χ2v) is 11.3. The number of sulfonamides is 1. The number of hydrogen-bond acceptors (Lipinski definition) is 7. The zero-order chi connectivity index (χ0) is 24.9. The van der Waals surface area contributed by atoms with Gasteiger partial charge in [-0.25, -0.2) is 12.7 Å². The molecular formula is C26H24N6O3S. The molecule has 10 heteroatoms. The molecule has 1 spiro atoms. The van der Waals surface area contributed by atoms with Crippen LogP contribution in [0.15, 0.2) is 67.4 Å². The molecule has 0 N–H and O–H groups in total. The summed E-state index contributed by atoms with van der Waals surface area (Å²) in [6, 6.07) is 11.8. The van der Waals surface area contributed by atoms with Crippen LogP contribution in [0.4, 0.5) is 5.69 Å². The Kier molecular flexibility index (Phi) is 5.31. The van der Waals surface area contributed by atoms with Crippen molar-refractivity contribution in [3.63, 3.8) is 0 Å². The molecule has 0 radical (unpaired) electrons. The molecular weight excluding hydrogens is 476 g/mol. The van der Waals surface area contributed by atoms with Crippen LogP contribution in [0.3, 0.4) is 0 Å². The zero-order valence-corrected chi connectivity index (χ0v) is 20.5. The van der Waals surface area contributed by atoms with Gasteiger partial charge in [-0.1, -0.05) is 24.3 Å². The molecule has 1 saturated heterocycles. The van der Waals surface area contributed by atoms with Gasteiger partial charge >= 0.3 is 0 Å². The summed E-state index contributed by atoms with van der Waals surface area (Å²) in [4.78, 5) is 24.9. The molecule has 4 aromatic rings. The Balaban J connectivity index is 1.43. The first-order valence-electron chi connectivity index (χ1n) is 11.7. The molecule has 182 valence electrons. The Morgan fingerprint density at radius 2 is 1.78 bits per heavy atom. The lowest BCUT2D eigenvalue weighted by Gasteiger charge is -2.37. The maximum atomic E-state index is 14.1. The summed E-state index contributed by atoms with van der Waals surface area (Å²) in [5, 5.41) is 9.99. The van der Waals surface area contributed by atoms with E-state index in [0.717, 1.165) is 38.8 Å². The predicted molar refractivity (Wildman–Crippen MR) is 136 cm³/mol. The van der Waals surface area contributed by atoms with Crippen LogP contribution in [-0.2, 0) is 26.8 Å². The quantitative estimate of drug-likeness (QED) is 0.424. The number of rotatable bonds is 4. The van der Waals surface area contributed by atoms with E-state index in [1.807, 2.05) is 42.6 Å². The Hall–Kier alpha value is -3.76. The normalized spacial score (nSPS) is 17.6. The van der Waals surface area contributed by atoms with Gasteiger partial charge in [0.1, 0.15) is 0 Å². The summed E-state index contributed by atoms with van der Waals surface area (Å²) < 4.78 is 25.7. The standard InChI is InChI=1S/C26H24N6O3S/c1-36(34,35)31-12-8-26(9-13-31)21-7-10-27-16-23(21)32(25(26)33)17-22-24(19-6-11-29-30-15-19)20-5-3-2-4-18(20)14-28-22/h2-7,10-11,14-16H,8-9,12-13,17H2,1H3. The van der Waals surface area contributed by atoms with Gasteiger partial charge in [0.2, 0.25) is 15.9 Å². The first-order chi connectivity index (χ1) is 17.4. The minimum Gasteiger partial charge on any atom is -0.304 e. The highest BCUT2D eigenvalue weighted by atomic mass is 32.2. The van der Waals surface area contributed by atoms with Gasteiger partial charge in [-0.3, -0.25) is 14.8 Å². The molecule has 0 bridgehead atoms. The largest absolute Gasteiger partial charge is 0.304 e. The van der Waals surface area contributed by atoms with Gasteiger partial charge in [-0.15, -0.1) is 0 Å². The van der Waals surface area contributed by atoms with E-state index < -0.39 is 15.4 Å². The van der Waals surface area contributed by atoms with Crippen molar-refractivity contribution in [3.05, 3.63) is 78.6 Å². The van der Waals surface area contributed by atoms with Crippen molar-refractivity contribution in [2.75, 3.05) is 24.2 Å². The van der Waals surface area contributed by atoms with Gasteiger partial charge < -0.3 is 4.90 Å². The maximum absolute atomic E-state index is 14.1. The van der Waals surface area contributed by atoms with Crippen molar-refractivity contribution in [3.8, 4) is 11.1 Å². The predicted octanol–water partition coefficient (Wildman–Crippen LogP) is 2.93. The molecule has 9 nitrogen and oxygen atoms in total. The van der Waals surface area contributed by atoms with Gasteiger partial charge in [0.25, 0.3) is 0 Å². The van der Waals surface area contributed by atoms with Crippen molar-refractivity contribution < 1.29 is 13.2 Å². The van der Waals surface area contributed by atoms with E-state index in [0.29, 0.717) is 25.9 Å². The molecule has 0 saturated carbocycles. The number of amides is 1. The van der Waals surface area contributed by atoms with Crippen molar-refractivity contribution in [1.29, 1.82) is 0 Å². The van der Waals surface area contributed by atoms with Crippen LogP contribution in [0, 0.1) is 0 Å². The average molecular weight is 501 g/mol. The minimum absolute atomic E-state index is 0.0348. The Morgan fingerprint density at radius 3 is 2.53 bits per heavy atom. The average Bonchev–Trinajstić information content (AvgIpc) is 3.11. The maximum Gasteiger partial charge on any atom is 0.238 e. The van der Waals surface area contributed by atoms with Gasteiger partial charge in [0.15, 0.2) is 0 Å². The van der Waals surface area contributed by atoms with Crippen LogP contribution in [0.5, 0.6) is 0 Å². The first-order valence-corrected chi connectivity index (χ1v) is 13.6. The molecule has 36 heavy (non-hydrogen) atoms. The summed E-state index contributed by atoms with van der Waals surface area (Å²) in [7, 11) is -3.31. The molecule has 1 fully saturated rings. The van der Waals surface area contributed by atoms with E-state index in [-0.39, 0.29) is 12.5 Å². The third-order valence-corrected chi connectivity index (χ3v) is 8.67. The van der Waals surface area contributed by atoms with Crippen LogP contribution < -0.4 is 4.90 Å². The van der Waals surface area contributed by atoms with Crippen molar-refractivity contribution in [2.24, 2.45) is 0 Å². The molecule has 2 aliphatic rings. The number of aromatic nitrogens is 4. The molecule has 5 heterocycles. The molecule has 0 aliphatic carbocycles. The third kappa shape index (κ3) is 3.56. The highest BCUT2D eigenvalue weighted by Crippen LogP contribution is 2.48. The van der Waals surface area contributed by atoms with Gasteiger partial charge in [0, 0.05) is 42.0 Å². The van der Waals surface area contributed by atoms with Crippen molar-refractivity contribution in [2.45, 2.75) is 24.8 Å². The Morgan fingerprint density at radius 1 is 0.972 bits per heavy atom. The highest BCUT2D eigenvalue weighted by Gasteiger charge is 2.53. The Labute approximate surface area is 208 Å². The molecule has 2 aliphatic heterocycles. The van der Waals surface area contributed by atoms with E-state index in [4.69, 9.17) is 4.98 Å². The lowest BCUT2D eigenvalue weighted by molar-refractivity contribution is -0.124. The molecule has 6 rings (SSSR count). The summed E-state index contributed by atoms with van der Waals surface area (Å²) in [6.07, 6.45) is 10.7. The second-order valence-electron chi connectivity index (χ2n) is 9.33. The van der Waals surface area contributed by atoms with E-state index in [1.54, 1.807) is 29.7 Å². The van der Waals surface area contributed by atoms with Crippen molar-refractivity contribution >= 4 is 32.4 Å². The molecule has 0 unspecified atom stereocenters. The molecule has 1 aromatic carbocycles. The number of carbonyl (C=O) groups excluding carboxylic acids is 1. The highest BCUT2D eigenvalue weighted by molar-refractivity contribution is 7.88. The fraction of sp³-hybridized carbons (Fsp3) is 0.269. The number of anilines is 1. The SMILES string of the molecule is CS(=O)(=O)N1CCC2(CC1)C(=O)N(Cc1ncc3ccccc3c1-c1ccnnc1)c1cnccc12. The fourth-order valence-corrected chi connectivity index (χ4v) is 6.41. The van der Waals surface area contributed by atoms with Gasteiger partial charge in [0.05, 0.1) is 48.2 Å². The summed E-state index contributed by atoms with van der Waals surface area (Å²) >= 11 is 0. The third-order valence-electron chi connectivity index (χ3n) is 7.36. The number of piperidine rings is 1. The number of benzene rings is 1. The number of nitrogens with zero attached hydrogens (tertiary/aromatic N) is 6. The fourth-order valence-electron chi connectivity index (χ4n) is 5.56. The van der Waals surface area contributed by atoms with E-state index in [9.17, 15) is 13.2 Å². The topological polar surface area (TPSA) is 109 Å². The number of hydrogen-bond donors (Lipinski definition) is 0. The van der Waals surface area contributed by atoms with E-state index in [2.05, 4.69) is 15.2 Å². The lowest BCUT2D eigenvalue weighted by atomic mass is 9.74. The lowest BCUT2D eigenvalue weighted by Crippen LogP contribution is -2.49. The minimum atomic E-state index is -3.31. The first kappa shape index (κ1) is 22.7. The molecule has 3 aromatic heterocycles. The van der Waals surface area contributed by atoms with Crippen LogP contribution in [0.25, 0.3) is 21.9 Å². The van der Waals surface area contributed by atoms with Crippen LogP contribution >= 0.6 is 0 Å². The van der Waals surface area contributed by atoms with Crippen LogP contribution in [0.1, 0.15) is 24.1 Å². The monoisotopic (exact) mass is 500 g/mol. The summed E-state index contributed by atoms with van der Waals surface area (Å²) in [6.45, 7) is 0.877. The van der Waals surface area contributed by atoms with E-state index in [1.165, 1.54) is 10.6 Å². The smallest absolute Gasteiger partial charge is 0.238 e.